The summed E-state index contributed by atoms with van der Waals surface area (Å²) in [5.41, 5.74) is 34.1. The second-order valence-electron chi connectivity index (χ2n) is 19.0. The monoisotopic (exact) mass is 963 g/mol. The molecule has 19 nitrogen and oxygen atoms in total. The number of unbranched alkanes of at least 4 members (excludes halogenated alkanes) is 2. The van der Waals surface area contributed by atoms with E-state index in [4.69, 9.17) is 34.4 Å². The Kier molecular flexibility index (Phi) is 26.1. The van der Waals surface area contributed by atoms with Gasteiger partial charge in [-0.1, -0.05) is 76.6 Å². The first-order chi connectivity index (χ1) is 32.6. The van der Waals surface area contributed by atoms with E-state index in [1.54, 1.807) is 57.2 Å². The highest BCUT2D eigenvalue weighted by Crippen LogP contribution is 2.24. The Hall–Kier alpha value is -6.05. The molecule has 0 bridgehead atoms. The second-order valence-corrected chi connectivity index (χ2v) is 19.0. The van der Waals surface area contributed by atoms with E-state index < -0.39 is 94.7 Å². The van der Waals surface area contributed by atoms with Crippen molar-refractivity contribution in [2.75, 3.05) is 19.6 Å². The predicted octanol–water partition coefficient (Wildman–Crippen LogP) is 1.51. The average Bonchev–Trinajstić information content (AvgIpc) is 3.28. The maximum absolute atomic E-state index is 14.7. The van der Waals surface area contributed by atoms with Crippen molar-refractivity contribution in [3.63, 3.8) is 0 Å². The molecular formula is C50H78N10O9. The molecule has 382 valence electrons. The molecule has 2 rings (SSSR count). The summed E-state index contributed by atoms with van der Waals surface area (Å²) in [6.45, 7) is 7.66. The van der Waals surface area contributed by atoms with Crippen LogP contribution in [-0.4, -0.2) is 102 Å². The Morgan fingerprint density at radius 3 is 1.70 bits per heavy atom. The number of nitrogens with two attached hydrogens (primary N) is 6. The number of aromatic hydroxyl groups is 1. The maximum Gasteiger partial charge on any atom is 0.224 e. The van der Waals surface area contributed by atoms with Crippen LogP contribution in [0.2, 0.25) is 0 Å². The van der Waals surface area contributed by atoms with Crippen molar-refractivity contribution in [3.05, 3.63) is 65.7 Å². The third-order valence-electron chi connectivity index (χ3n) is 11.8. The van der Waals surface area contributed by atoms with Crippen molar-refractivity contribution in [3.8, 4) is 5.75 Å². The van der Waals surface area contributed by atoms with Crippen LogP contribution in [-0.2, 0) is 51.2 Å². The fourth-order valence-corrected chi connectivity index (χ4v) is 7.77. The van der Waals surface area contributed by atoms with E-state index in [1.165, 1.54) is 19.1 Å². The van der Waals surface area contributed by atoms with Gasteiger partial charge in [-0.25, -0.2) is 0 Å². The summed E-state index contributed by atoms with van der Waals surface area (Å²) in [6, 6.07) is 10.9. The number of benzene rings is 2. The summed E-state index contributed by atoms with van der Waals surface area (Å²) in [5.74, 6) is -7.30. The molecule has 0 heterocycles. The smallest absolute Gasteiger partial charge is 0.224 e. The fourth-order valence-electron chi connectivity index (χ4n) is 7.77. The average molecular weight is 963 g/mol. The molecule has 0 radical (unpaired) electrons. The van der Waals surface area contributed by atoms with E-state index in [1.807, 2.05) is 6.07 Å². The van der Waals surface area contributed by atoms with E-state index in [9.17, 15) is 43.5 Å². The fraction of sp³-hybridized carbons (Fsp3) is 0.580. The number of rotatable bonds is 34. The number of aliphatic imine (C=N–C) groups is 1. The number of ketones is 4. The number of nitrogens with zero attached hydrogens (tertiary/aromatic N) is 1. The SMILES string of the molecule is C[C@H](CC(=O)[C@@H](N)CC(N)=O)C(=O)N[C@@H](CCCN=C(N)N)C(=O)C[C@@H](CCCCN)C(=O)N[C@@H](Cc1ccccc1)C(=O)C[C@@H](Cc1ccc(O)cc1)C(=O)N[C@@H](CCCCN)C(=O)C(C)(C)C. The molecule has 0 aliphatic rings. The molecule has 2 aromatic carbocycles. The van der Waals surface area contributed by atoms with E-state index in [-0.39, 0.29) is 75.4 Å². The summed E-state index contributed by atoms with van der Waals surface area (Å²) in [4.78, 5) is 113. The highest BCUT2D eigenvalue weighted by Gasteiger charge is 2.36. The van der Waals surface area contributed by atoms with Crippen LogP contribution in [0.15, 0.2) is 59.6 Å². The van der Waals surface area contributed by atoms with Gasteiger partial charge in [0.05, 0.1) is 24.2 Å². The third kappa shape index (κ3) is 22.7. The topological polar surface area (TPSA) is 361 Å². The molecule has 2 aromatic rings. The minimum absolute atomic E-state index is 0.0151. The quantitative estimate of drug-likeness (QED) is 0.0270. The van der Waals surface area contributed by atoms with Crippen LogP contribution in [0, 0.1) is 23.2 Å². The van der Waals surface area contributed by atoms with Crippen LogP contribution in [0.1, 0.15) is 116 Å². The Bertz CT molecular complexity index is 2020. The third-order valence-corrected chi connectivity index (χ3v) is 11.8. The van der Waals surface area contributed by atoms with Gasteiger partial charge in [0.1, 0.15) is 5.75 Å². The van der Waals surface area contributed by atoms with Gasteiger partial charge in [-0.05, 0) is 94.1 Å². The van der Waals surface area contributed by atoms with E-state index >= 15 is 0 Å². The van der Waals surface area contributed by atoms with Gasteiger partial charge in [0.25, 0.3) is 0 Å². The van der Waals surface area contributed by atoms with Crippen LogP contribution >= 0.6 is 0 Å². The largest absolute Gasteiger partial charge is 0.508 e. The van der Waals surface area contributed by atoms with Crippen molar-refractivity contribution in [2.45, 2.75) is 142 Å². The minimum Gasteiger partial charge on any atom is -0.508 e. The zero-order chi connectivity index (χ0) is 51.7. The van der Waals surface area contributed by atoms with Gasteiger partial charge in [0, 0.05) is 55.4 Å². The molecule has 7 atom stereocenters. The lowest BCUT2D eigenvalue weighted by Gasteiger charge is -2.28. The molecule has 0 aliphatic carbocycles. The van der Waals surface area contributed by atoms with Gasteiger partial charge in [-0.3, -0.25) is 43.3 Å². The standard InChI is InChI=1S/C50H78N10O9/c1-31(25-41(62)37(53)30-44(54)65)46(67)58-38(17-12-24-57-49(55)56)42(63)28-34(15-8-10-22-51)47(68)60-40(27-32-13-6-5-7-14-32)43(64)29-35(26-33-18-20-36(61)21-19-33)48(69)59-39(16-9-11-23-52)45(66)50(2,3)4/h5-7,13-14,18-21,31,34-35,37-40,61H,8-12,15-17,22-30,51-53H2,1-4H3,(H2,54,65)(H,58,67)(H,59,69)(H,60,68)(H4,55,56,57)/t31-,34-,35-,37+,38+,39+,40+/m1/s1. The Balaban J connectivity index is 2.52. The lowest BCUT2D eigenvalue weighted by Crippen LogP contribution is -2.50. The number of carbonyl (C=O) groups is 8. The maximum atomic E-state index is 14.7. The molecule has 0 saturated heterocycles. The van der Waals surface area contributed by atoms with E-state index in [0.29, 0.717) is 56.3 Å². The first kappa shape index (κ1) is 59.1. The second kappa shape index (κ2) is 30.4. The number of hydrogen-bond donors (Lipinski definition) is 10. The van der Waals surface area contributed by atoms with Crippen molar-refractivity contribution in [2.24, 2.45) is 62.6 Å². The highest BCUT2D eigenvalue weighted by molar-refractivity contribution is 5.98. The minimum atomic E-state index is -1.20. The van der Waals surface area contributed by atoms with Crippen LogP contribution in [0.3, 0.4) is 0 Å². The van der Waals surface area contributed by atoms with E-state index in [0.717, 1.165) is 0 Å². The van der Waals surface area contributed by atoms with Crippen molar-refractivity contribution >= 4 is 52.7 Å². The summed E-state index contributed by atoms with van der Waals surface area (Å²) in [7, 11) is 0. The van der Waals surface area contributed by atoms with Crippen molar-refractivity contribution < 1.29 is 43.5 Å². The summed E-state index contributed by atoms with van der Waals surface area (Å²) >= 11 is 0. The molecule has 0 unspecified atom stereocenters. The number of phenolic OH excluding ortho intramolecular Hbond substituents is 1. The molecule has 0 saturated carbocycles. The van der Waals surface area contributed by atoms with Gasteiger partial charge in [-0.15, -0.1) is 0 Å². The van der Waals surface area contributed by atoms with Crippen LogP contribution < -0.4 is 50.4 Å². The molecule has 0 aliphatic heterocycles. The van der Waals surface area contributed by atoms with E-state index in [2.05, 4.69) is 20.9 Å². The van der Waals surface area contributed by atoms with Crippen LogP contribution in [0.25, 0.3) is 0 Å². The lowest BCUT2D eigenvalue weighted by atomic mass is 9.84. The number of carbonyl (C=O) groups excluding carboxylic acids is 8. The number of phenols is 1. The highest BCUT2D eigenvalue weighted by atomic mass is 16.3. The van der Waals surface area contributed by atoms with Crippen LogP contribution in [0.5, 0.6) is 5.75 Å². The Labute approximate surface area is 406 Å². The lowest BCUT2D eigenvalue weighted by molar-refractivity contribution is -0.136. The van der Waals surface area contributed by atoms with Gasteiger partial charge in [0.15, 0.2) is 29.1 Å². The predicted molar refractivity (Wildman–Crippen MR) is 265 cm³/mol. The zero-order valence-corrected chi connectivity index (χ0v) is 40.9. The number of Topliss-reactive ketones (excluding diaryl/α,β-unsaturated/α-hetero) is 4. The summed E-state index contributed by atoms with van der Waals surface area (Å²) < 4.78 is 0. The Morgan fingerprint density at radius 1 is 0.594 bits per heavy atom. The molecule has 0 aromatic heterocycles. The molecular weight excluding hydrogens is 885 g/mol. The van der Waals surface area contributed by atoms with Crippen molar-refractivity contribution in [1.82, 2.24) is 16.0 Å². The number of amides is 4. The summed E-state index contributed by atoms with van der Waals surface area (Å²) in [5, 5.41) is 18.6. The summed E-state index contributed by atoms with van der Waals surface area (Å²) in [6.07, 6.45) is 1.86. The number of nitrogens with one attached hydrogen (secondary N) is 3. The first-order valence-corrected chi connectivity index (χ1v) is 23.9. The van der Waals surface area contributed by atoms with Crippen molar-refractivity contribution in [1.29, 1.82) is 0 Å². The normalized spacial score (nSPS) is 14.4. The van der Waals surface area contributed by atoms with Gasteiger partial charge >= 0.3 is 0 Å². The molecule has 69 heavy (non-hydrogen) atoms. The van der Waals surface area contributed by atoms with Crippen LogP contribution in [0.4, 0.5) is 0 Å². The van der Waals surface area contributed by atoms with Gasteiger partial charge < -0.3 is 55.5 Å². The number of guanidine groups is 1. The number of primary amides is 1. The number of hydrogen-bond acceptors (Lipinski definition) is 13. The molecule has 0 fully saturated rings. The molecule has 4 amide bonds. The molecule has 19 heteroatoms. The first-order valence-electron chi connectivity index (χ1n) is 23.9. The zero-order valence-electron chi connectivity index (χ0n) is 40.9. The molecule has 16 N–H and O–H groups in total. The molecule has 0 spiro atoms. The van der Waals surface area contributed by atoms with Gasteiger partial charge in [0.2, 0.25) is 23.6 Å². The Morgan fingerprint density at radius 2 is 1.12 bits per heavy atom. The van der Waals surface area contributed by atoms with Gasteiger partial charge in [-0.2, -0.15) is 0 Å².